The number of phenolic OH excluding ortho intramolecular Hbond substituents is 2. The van der Waals surface area contributed by atoms with Gasteiger partial charge >= 0.3 is 11.9 Å². The Morgan fingerprint density at radius 2 is 1.16 bits per heavy atom. The number of aryl methyl sites for hydroxylation is 3. The molecule has 0 spiro atoms. The molecule has 0 unspecified atom stereocenters. The standard InChI is InChI=1S/C35H52O8/c1-8-27-22-25(10-13-30(27)36)11-14-31(37)42-20-18-40-16-9-17-41-19-21-43-32(38)15-12-26-23-28(34(2,3)4)33(39)29(24-26)35(5,6)7/h10,13,22-24,36,39H,8-9,11-12,14-21H2,1-7H3. The SMILES string of the molecule is CCc1cc(CCC(=O)OCCOCCCOCCOC(=O)CCc2cc(C(C)(C)C)c(O)c(C(C)(C)C)c2)ccc1O. The zero-order chi connectivity index (χ0) is 32.0. The highest BCUT2D eigenvalue weighted by molar-refractivity contribution is 5.70. The third kappa shape index (κ3) is 13.0. The summed E-state index contributed by atoms with van der Waals surface area (Å²) in [5, 5.41) is 20.6. The molecule has 8 heteroatoms. The number of aromatic hydroxyl groups is 2. The van der Waals surface area contributed by atoms with Crippen LogP contribution in [0.3, 0.4) is 0 Å². The molecule has 0 amide bonds. The van der Waals surface area contributed by atoms with Crippen LogP contribution in [0.5, 0.6) is 11.5 Å². The first-order valence-electron chi connectivity index (χ1n) is 15.4. The van der Waals surface area contributed by atoms with Crippen molar-refractivity contribution in [2.45, 2.75) is 97.8 Å². The fourth-order valence-corrected chi connectivity index (χ4v) is 4.59. The Bertz CT molecular complexity index is 1140. The molecule has 0 aromatic heterocycles. The Balaban J connectivity index is 1.53. The fraction of sp³-hybridized carbons (Fsp3) is 0.600. The molecule has 0 aliphatic carbocycles. The summed E-state index contributed by atoms with van der Waals surface area (Å²) in [5.74, 6) is 0.0568. The summed E-state index contributed by atoms with van der Waals surface area (Å²) in [4.78, 5) is 24.2. The molecule has 2 rings (SSSR count). The van der Waals surface area contributed by atoms with Crippen molar-refractivity contribution in [3.63, 3.8) is 0 Å². The van der Waals surface area contributed by atoms with E-state index in [1.54, 1.807) is 6.07 Å². The van der Waals surface area contributed by atoms with E-state index < -0.39 is 0 Å². The van der Waals surface area contributed by atoms with E-state index in [0.717, 1.165) is 34.2 Å². The quantitative estimate of drug-likeness (QED) is 0.160. The molecule has 43 heavy (non-hydrogen) atoms. The van der Waals surface area contributed by atoms with Gasteiger partial charge in [-0.25, -0.2) is 0 Å². The zero-order valence-corrected chi connectivity index (χ0v) is 27.2. The number of carbonyl (C=O) groups excluding carboxylic acids is 2. The van der Waals surface area contributed by atoms with Gasteiger partial charge in [0.1, 0.15) is 24.7 Å². The van der Waals surface area contributed by atoms with Gasteiger partial charge in [-0.15, -0.1) is 0 Å². The topological polar surface area (TPSA) is 112 Å². The average molecular weight is 601 g/mol. The summed E-state index contributed by atoms with van der Waals surface area (Å²) >= 11 is 0. The number of rotatable bonds is 17. The van der Waals surface area contributed by atoms with Crippen molar-refractivity contribution in [1.29, 1.82) is 0 Å². The van der Waals surface area contributed by atoms with Crippen LogP contribution in [0.4, 0.5) is 0 Å². The maximum atomic E-state index is 12.3. The molecule has 2 N–H and O–H groups in total. The van der Waals surface area contributed by atoms with Gasteiger partial charge in [-0.2, -0.15) is 0 Å². The van der Waals surface area contributed by atoms with E-state index in [2.05, 4.69) is 41.5 Å². The minimum Gasteiger partial charge on any atom is -0.508 e. The van der Waals surface area contributed by atoms with Gasteiger partial charge in [0.25, 0.3) is 0 Å². The highest BCUT2D eigenvalue weighted by atomic mass is 16.6. The molecule has 2 aromatic rings. The maximum Gasteiger partial charge on any atom is 0.306 e. The molecule has 0 aliphatic heterocycles. The molecule has 240 valence electrons. The second-order valence-corrected chi connectivity index (χ2v) is 12.9. The number of benzene rings is 2. The number of carbonyl (C=O) groups is 2. The normalized spacial score (nSPS) is 11.9. The fourth-order valence-electron chi connectivity index (χ4n) is 4.59. The predicted octanol–water partition coefficient (Wildman–Crippen LogP) is 6.33. The monoisotopic (exact) mass is 600 g/mol. The van der Waals surface area contributed by atoms with Crippen molar-refractivity contribution in [1.82, 2.24) is 0 Å². The third-order valence-corrected chi connectivity index (χ3v) is 7.10. The van der Waals surface area contributed by atoms with Crippen molar-refractivity contribution >= 4 is 11.9 Å². The van der Waals surface area contributed by atoms with Crippen LogP contribution >= 0.6 is 0 Å². The molecule has 8 nitrogen and oxygen atoms in total. The van der Waals surface area contributed by atoms with Crippen molar-refractivity contribution < 1.29 is 38.7 Å². The molecule has 0 heterocycles. The van der Waals surface area contributed by atoms with Crippen LogP contribution < -0.4 is 0 Å². The van der Waals surface area contributed by atoms with Crippen molar-refractivity contribution in [2.75, 3.05) is 39.6 Å². The average Bonchev–Trinajstić information content (AvgIpc) is 2.93. The first kappa shape index (κ1) is 36.1. The second-order valence-electron chi connectivity index (χ2n) is 12.9. The highest BCUT2D eigenvalue weighted by Crippen LogP contribution is 2.40. The summed E-state index contributed by atoms with van der Waals surface area (Å²) in [7, 11) is 0. The molecule has 0 fully saturated rings. The van der Waals surface area contributed by atoms with Crippen LogP contribution in [-0.4, -0.2) is 61.8 Å². The van der Waals surface area contributed by atoms with Gasteiger partial charge in [-0.3, -0.25) is 9.59 Å². The van der Waals surface area contributed by atoms with Crippen molar-refractivity contribution in [3.8, 4) is 11.5 Å². The summed E-state index contributed by atoms with van der Waals surface area (Å²) in [6, 6.07) is 9.39. The van der Waals surface area contributed by atoms with Gasteiger partial charge in [0.15, 0.2) is 0 Å². The number of esters is 2. The number of phenols is 2. The number of hydrogen-bond donors (Lipinski definition) is 2. The summed E-state index contributed by atoms with van der Waals surface area (Å²) in [6.45, 7) is 16.4. The minimum absolute atomic E-state index is 0.190. The Hall–Kier alpha value is -3.10. The second kappa shape index (κ2) is 17.3. The zero-order valence-electron chi connectivity index (χ0n) is 27.2. The lowest BCUT2D eigenvalue weighted by molar-refractivity contribution is -0.145. The lowest BCUT2D eigenvalue weighted by atomic mass is 9.78. The Kier molecular flexibility index (Phi) is 14.5. The van der Waals surface area contributed by atoms with E-state index in [-0.39, 0.29) is 54.6 Å². The predicted molar refractivity (Wildman–Crippen MR) is 168 cm³/mol. The van der Waals surface area contributed by atoms with Gasteiger partial charge < -0.3 is 29.2 Å². The lowest BCUT2D eigenvalue weighted by Gasteiger charge is -2.28. The maximum absolute atomic E-state index is 12.3. The lowest BCUT2D eigenvalue weighted by Crippen LogP contribution is -2.18. The first-order chi connectivity index (χ1) is 20.2. The smallest absolute Gasteiger partial charge is 0.306 e. The third-order valence-electron chi connectivity index (χ3n) is 7.10. The molecule has 0 bridgehead atoms. The van der Waals surface area contributed by atoms with Gasteiger partial charge in [-0.05, 0) is 70.4 Å². The van der Waals surface area contributed by atoms with Gasteiger partial charge in [0.2, 0.25) is 0 Å². The molecule has 0 saturated heterocycles. The van der Waals surface area contributed by atoms with E-state index in [1.165, 1.54) is 0 Å². The molecule has 2 aromatic carbocycles. The van der Waals surface area contributed by atoms with E-state index in [9.17, 15) is 19.8 Å². The van der Waals surface area contributed by atoms with E-state index in [1.807, 2.05) is 31.2 Å². The van der Waals surface area contributed by atoms with E-state index in [4.69, 9.17) is 18.9 Å². The summed E-state index contributed by atoms with van der Waals surface area (Å²) < 4.78 is 21.6. The number of ether oxygens (including phenoxy) is 4. The molecule has 0 saturated carbocycles. The Morgan fingerprint density at radius 3 is 1.63 bits per heavy atom. The van der Waals surface area contributed by atoms with Gasteiger partial charge in [0.05, 0.1) is 13.2 Å². The summed E-state index contributed by atoms with van der Waals surface area (Å²) in [5.41, 5.74) is 4.21. The number of hydrogen-bond acceptors (Lipinski definition) is 8. The van der Waals surface area contributed by atoms with Crippen LogP contribution in [0, 0.1) is 0 Å². The van der Waals surface area contributed by atoms with E-state index in [0.29, 0.717) is 51.4 Å². The van der Waals surface area contributed by atoms with Crippen molar-refractivity contribution in [3.05, 3.63) is 58.1 Å². The molecule has 0 aliphatic rings. The van der Waals surface area contributed by atoms with Crippen LogP contribution in [0.15, 0.2) is 30.3 Å². The highest BCUT2D eigenvalue weighted by Gasteiger charge is 2.26. The Morgan fingerprint density at radius 1 is 0.674 bits per heavy atom. The van der Waals surface area contributed by atoms with Crippen molar-refractivity contribution in [2.24, 2.45) is 0 Å². The molecular weight excluding hydrogens is 548 g/mol. The summed E-state index contributed by atoms with van der Waals surface area (Å²) in [6.07, 6.45) is 3.05. The van der Waals surface area contributed by atoms with Gasteiger partial charge in [0, 0.05) is 26.1 Å². The molecule has 0 atom stereocenters. The Labute approximate surface area is 257 Å². The van der Waals surface area contributed by atoms with Crippen LogP contribution in [0.2, 0.25) is 0 Å². The first-order valence-corrected chi connectivity index (χ1v) is 15.4. The minimum atomic E-state index is -0.280. The largest absolute Gasteiger partial charge is 0.508 e. The van der Waals surface area contributed by atoms with Gasteiger partial charge in [-0.1, -0.05) is 72.7 Å². The molecular formula is C35H52O8. The van der Waals surface area contributed by atoms with Crippen LogP contribution in [-0.2, 0) is 58.6 Å². The van der Waals surface area contributed by atoms with Crippen LogP contribution in [0.1, 0.15) is 95.5 Å². The van der Waals surface area contributed by atoms with Crippen LogP contribution in [0.25, 0.3) is 0 Å². The molecule has 0 radical (unpaired) electrons. The van der Waals surface area contributed by atoms with E-state index >= 15 is 0 Å².